The molecule has 0 aromatic carbocycles. The molecule has 1 N–H and O–H groups in total. The number of hydrogen-bond acceptors (Lipinski definition) is 3. The molecule has 2 fully saturated rings. The van der Waals surface area contributed by atoms with Crippen LogP contribution < -0.4 is 5.32 Å². The van der Waals surface area contributed by atoms with Crippen molar-refractivity contribution in [1.82, 2.24) is 10.2 Å². The van der Waals surface area contributed by atoms with Crippen LogP contribution in [0.3, 0.4) is 0 Å². The number of nitrogens with one attached hydrogen (secondary N) is 1. The summed E-state index contributed by atoms with van der Waals surface area (Å²) in [5.74, 6) is 2.20. The molecule has 2 rings (SSSR count). The zero-order valence-corrected chi connectivity index (χ0v) is 22.1. The highest BCUT2D eigenvalue weighted by atomic mass is 16.2. The predicted octanol–water partition coefficient (Wildman–Crippen LogP) is 6.32. The van der Waals surface area contributed by atoms with E-state index in [2.05, 4.69) is 44.1 Å². The van der Waals surface area contributed by atoms with Crippen molar-refractivity contribution in [2.24, 2.45) is 23.7 Å². The number of amides is 1. The zero-order valence-electron chi connectivity index (χ0n) is 22.1. The van der Waals surface area contributed by atoms with Gasteiger partial charge in [0.1, 0.15) is 0 Å². The van der Waals surface area contributed by atoms with Crippen LogP contribution in [0.4, 0.5) is 0 Å². The summed E-state index contributed by atoms with van der Waals surface area (Å²) in [6.07, 6.45) is 9.93. The molecule has 188 valence electrons. The van der Waals surface area contributed by atoms with Crippen LogP contribution in [0, 0.1) is 23.7 Å². The second-order valence-electron chi connectivity index (χ2n) is 11.2. The third-order valence-electron chi connectivity index (χ3n) is 8.20. The molecule has 1 saturated heterocycles. The zero-order chi connectivity index (χ0) is 24.5. The third kappa shape index (κ3) is 8.70. The number of likely N-dealkylation sites (tertiary alicyclic amines) is 1. The molecule has 1 heterocycles. The normalized spacial score (nSPS) is 26.6. The summed E-state index contributed by atoms with van der Waals surface area (Å²) in [7, 11) is 0. The Morgan fingerprint density at radius 2 is 1.76 bits per heavy atom. The SMILES string of the molecule is C=C(CCC1CC(NC(=O)C(C)C)CC1CC)C(=O)CCCC1CCN(C(C)C)CCC1=C. The van der Waals surface area contributed by atoms with Gasteiger partial charge in [0, 0.05) is 31.0 Å². The number of Topliss-reactive ketones (excluding diaryl/α,β-unsaturated/α-hetero) is 1. The monoisotopic (exact) mass is 458 g/mol. The van der Waals surface area contributed by atoms with Crippen LogP contribution in [0.2, 0.25) is 0 Å². The molecule has 4 unspecified atom stereocenters. The van der Waals surface area contributed by atoms with E-state index in [1.54, 1.807) is 0 Å². The molecule has 2 aliphatic rings. The minimum atomic E-state index is 0.0332. The maximum Gasteiger partial charge on any atom is 0.222 e. The van der Waals surface area contributed by atoms with E-state index in [9.17, 15) is 9.59 Å². The second-order valence-corrected chi connectivity index (χ2v) is 11.2. The molecule has 4 atom stereocenters. The van der Waals surface area contributed by atoms with Crippen molar-refractivity contribution < 1.29 is 9.59 Å². The Balaban J connectivity index is 1.72. The number of rotatable bonds is 12. The van der Waals surface area contributed by atoms with Gasteiger partial charge in [-0.25, -0.2) is 0 Å². The summed E-state index contributed by atoms with van der Waals surface area (Å²) in [5, 5.41) is 3.22. The summed E-state index contributed by atoms with van der Waals surface area (Å²) in [6, 6.07) is 0.883. The number of carbonyl (C=O) groups is 2. The van der Waals surface area contributed by atoms with E-state index in [0.29, 0.717) is 30.2 Å². The fourth-order valence-corrected chi connectivity index (χ4v) is 5.73. The molecule has 1 aliphatic heterocycles. The van der Waals surface area contributed by atoms with E-state index in [1.165, 1.54) is 12.0 Å². The van der Waals surface area contributed by atoms with Crippen molar-refractivity contribution in [3.8, 4) is 0 Å². The van der Waals surface area contributed by atoms with Gasteiger partial charge in [-0.05, 0) is 95.1 Å². The highest BCUT2D eigenvalue weighted by Gasteiger charge is 2.34. The van der Waals surface area contributed by atoms with Gasteiger partial charge in [-0.15, -0.1) is 0 Å². The fourth-order valence-electron chi connectivity index (χ4n) is 5.73. The average molecular weight is 459 g/mol. The van der Waals surface area contributed by atoms with Crippen LogP contribution in [-0.4, -0.2) is 41.8 Å². The fraction of sp³-hybridized carbons (Fsp3) is 0.793. The lowest BCUT2D eigenvalue weighted by Crippen LogP contribution is -2.35. The standard InChI is InChI=1S/C29H50N2O2/c1-8-24-18-27(30-29(33)20(2)3)19-26(24)13-12-23(7)28(32)11-9-10-25-15-17-31(21(4)5)16-14-22(25)6/h20-21,24-27H,6-19H2,1-5H3,(H,30,33). The van der Waals surface area contributed by atoms with Crippen LogP contribution in [0.25, 0.3) is 0 Å². The summed E-state index contributed by atoms with van der Waals surface area (Å²) < 4.78 is 0. The summed E-state index contributed by atoms with van der Waals surface area (Å²) in [4.78, 5) is 27.4. The van der Waals surface area contributed by atoms with Gasteiger partial charge < -0.3 is 10.2 Å². The van der Waals surface area contributed by atoms with E-state index < -0.39 is 0 Å². The van der Waals surface area contributed by atoms with Gasteiger partial charge in [0.25, 0.3) is 0 Å². The summed E-state index contributed by atoms with van der Waals surface area (Å²) in [6.45, 7) is 21.4. The number of hydrogen-bond donors (Lipinski definition) is 1. The largest absolute Gasteiger partial charge is 0.353 e. The average Bonchev–Trinajstić information content (AvgIpc) is 3.06. The maximum absolute atomic E-state index is 12.7. The van der Waals surface area contributed by atoms with E-state index in [4.69, 9.17) is 0 Å². The highest BCUT2D eigenvalue weighted by molar-refractivity contribution is 5.94. The highest BCUT2D eigenvalue weighted by Crippen LogP contribution is 2.38. The minimum Gasteiger partial charge on any atom is -0.353 e. The first-order valence-electron chi connectivity index (χ1n) is 13.5. The Morgan fingerprint density at radius 3 is 2.39 bits per heavy atom. The molecule has 1 amide bonds. The minimum absolute atomic E-state index is 0.0332. The molecule has 0 aromatic heterocycles. The van der Waals surface area contributed by atoms with Gasteiger partial charge in [-0.2, -0.15) is 0 Å². The first-order chi connectivity index (χ1) is 15.6. The van der Waals surface area contributed by atoms with Crippen molar-refractivity contribution >= 4 is 11.7 Å². The van der Waals surface area contributed by atoms with E-state index >= 15 is 0 Å². The van der Waals surface area contributed by atoms with Gasteiger partial charge in [0.15, 0.2) is 5.78 Å². The number of nitrogens with zero attached hydrogens (tertiary/aromatic N) is 1. The van der Waals surface area contributed by atoms with Crippen molar-refractivity contribution in [1.29, 1.82) is 0 Å². The Bertz CT molecular complexity index is 681. The Hall–Kier alpha value is -1.42. The van der Waals surface area contributed by atoms with Crippen LogP contribution in [0.15, 0.2) is 24.3 Å². The summed E-state index contributed by atoms with van der Waals surface area (Å²) in [5.41, 5.74) is 2.17. The Labute approximate surface area is 203 Å². The maximum atomic E-state index is 12.7. The van der Waals surface area contributed by atoms with Gasteiger partial charge in [-0.1, -0.05) is 45.9 Å². The van der Waals surface area contributed by atoms with Crippen LogP contribution in [-0.2, 0) is 9.59 Å². The van der Waals surface area contributed by atoms with Gasteiger partial charge in [-0.3, -0.25) is 9.59 Å². The quantitative estimate of drug-likeness (QED) is 0.275. The third-order valence-corrected chi connectivity index (χ3v) is 8.20. The van der Waals surface area contributed by atoms with Crippen LogP contribution >= 0.6 is 0 Å². The molecule has 1 aliphatic carbocycles. The topological polar surface area (TPSA) is 49.4 Å². The van der Waals surface area contributed by atoms with Crippen molar-refractivity contribution in [2.45, 2.75) is 111 Å². The molecule has 4 nitrogen and oxygen atoms in total. The molecular weight excluding hydrogens is 408 g/mol. The molecule has 1 saturated carbocycles. The smallest absolute Gasteiger partial charge is 0.222 e. The molecular formula is C29H50N2O2. The molecule has 0 aromatic rings. The molecule has 0 spiro atoms. The van der Waals surface area contributed by atoms with E-state index in [1.807, 2.05) is 13.8 Å². The van der Waals surface area contributed by atoms with Crippen molar-refractivity contribution in [2.75, 3.05) is 13.1 Å². The lowest BCUT2D eigenvalue weighted by atomic mass is 9.87. The van der Waals surface area contributed by atoms with Crippen LogP contribution in [0.1, 0.15) is 98.8 Å². The lowest BCUT2D eigenvalue weighted by molar-refractivity contribution is -0.124. The van der Waals surface area contributed by atoms with Crippen molar-refractivity contribution in [3.05, 3.63) is 24.3 Å². The molecule has 0 radical (unpaired) electrons. The number of ketones is 1. The summed E-state index contributed by atoms with van der Waals surface area (Å²) >= 11 is 0. The molecule has 4 heteroatoms. The van der Waals surface area contributed by atoms with E-state index in [0.717, 1.165) is 70.0 Å². The van der Waals surface area contributed by atoms with Crippen LogP contribution in [0.5, 0.6) is 0 Å². The molecule has 0 bridgehead atoms. The lowest BCUT2D eigenvalue weighted by Gasteiger charge is -2.24. The predicted molar refractivity (Wildman–Crippen MR) is 139 cm³/mol. The number of allylic oxidation sites excluding steroid dienone is 1. The van der Waals surface area contributed by atoms with E-state index in [-0.39, 0.29) is 23.7 Å². The first kappa shape index (κ1) is 27.8. The number of carbonyl (C=O) groups excluding carboxylic acids is 2. The molecule has 33 heavy (non-hydrogen) atoms. The van der Waals surface area contributed by atoms with Gasteiger partial charge >= 0.3 is 0 Å². The Morgan fingerprint density at radius 1 is 1.06 bits per heavy atom. The van der Waals surface area contributed by atoms with Gasteiger partial charge in [0.2, 0.25) is 5.91 Å². The second kappa shape index (κ2) is 13.5. The first-order valence-corrected chi connectivity index (χ1v) is 13.5. The Kier molecular flexibility index (Phi) is 11.4. The van der Waals surface area contributed by atoms with Gasteiger partial charge in [0.05, 0.1) is 0 Å². The van der Waals surface area contributed by atoms with Crippen molar-refractivity contribution in [3.63, 3.8) is 0 Å².